The Hall–Kier alpha value is -2.85. The lowest BCUT2D eigenvalue weighted by molar-refractivity contribution is -0.129. The molecule has 0 spiro atoms. The average molecular weight is 423 g/mol. The average Bonchev–Trinajstić information content (AvgIpc) is 2.67. The topological polar surface area (TPSA) is 86.8 Å². The van der Waals surface area contributed by atoms with Crippen LogP contribution in [0.3, 0.4) is 0 Å². The van der Waals surface area contributed by atoms with E-state index in [-0.39, 0.29) is 35.1 Å². The number of nitrogens with zero attached hydrogens (tertiary/aromatic N) is 2. The molecule has 154 valence electrons. The van der Waals surface area contributed by atoms with Crippen molar-refractivity contribution >= 4 is 27.5 Å². The Morgan fingerprint density at radius 3 is 2.17 bits per heavy atom. The molecule has 1 saturated heterocycles. The molecule has 3 rings (SSSR count). The minimum Gasteiger partial charge on any atom is -0.340 e. The molecule has 10 heteroatoms. The molecule has 7 nitrogen and oxygen atoms in total. The van der Waals surface area contributed by atoms with Gasteiger partial charge in [0.15, 0.2) is 0 Å². The molecular formula is C19H19F2N3O4S. The summed E-state index contributed by atoms with van der Waals surface area (Å²) in [5.74, 6) is -2.51. The molecule has 2 amide bonds. The maximum Gasteiger partial charge on any atom is 0.255 e. The Labute approximate surface area is 167 Å². The number of amides is 2. The van der Waals surface area contributed by atoms with Crippen LogP contribution in [0.1, 0.15) is 17.3 Å². The number of carbonyl (C=O) groups excluding carboxylic acids is 2. The summed E-state index contributed by atoms with van der Waals surface area (Å²) in [6.07, 6.45) is 0. The van der Waals surface area contributed by atoms with E-state index >= 15 is 0 Å². The number of halogens is 2. The Bertz CT molecular complexity index is 1030. The molecule has 29 heavy (non-hydrogen) atoms. The van der Waals surface area contributed by atoms with E-state index in [0.29, 0.717) is 19.2 Å². The zero-order valence-corrected chi connectivity index (χ0v) is 16.4. The lowest BCUT2D eigenvalue weighted by Crippen LogP contribution is -2.49. The maximum atomic E-state index is 13.3. The van der Waals surface area contributed by atoms with Gasteiger partial charge in [0.1, 0.15) is 11.6 Å². The summed E-state index contributed by atoms with van der Waals surface area (Å²) in [7, 11) is -3.86. The van der Waals surface area contributed by atoms with Gasteiger partial charge in [-0.25, -0.2) is 17.2 Å². The van der Waals surface area contributed by atoms with Crippen LogP contribution in [-0.2, 0) is 14.8 Å². The van der Waals surface area contributed by atoms with Crippen LogP contribution in [-0.4, -0.2) is 55.6 Å². The second kappa shape index (κ2) is 8.26. The molecular weight excluding hydrogens is 404 g/mol. The molecule has 1 heterocycles. The number of piperazine rings is 1. The van der Waals surface area contributed by atoms with Gasteiger partial charge in [0.25, 0.3) is 5.91 Å². The van der Waals surface area contributed by atoms with E-state index in [0.717, 1.165) is 12.1 Å². The van der Waals surface area contributed by atoms with Crippen LogP contribution in [0.25, 0.3) is 0 Å². The van der Waals surface area contributed by atoms with Crippen molar-refractivity contribution in [2.24, 2.45) is 0 Å². The van der Waals surface area contributed by atoms with Crippen molar-refractivity contribution in [3.8, 4) is 0 Å². The van der Waals surface area contributed by atoms with E-state index in [2.05, 4.69) is 5.32 Å². The van der Waals surface area contributed by atoms with Crippen LogP contribution in [0.4, 0.5) is 14.5 Å². The van der Waals surface area contributed by atoms with E-state index in [1.54, 1.807) is 4.90 Å². The highest BCUT2D eigenvalue weighted by molar-refractivity contribution is 7.89. The largest absolute Gasteiger partial charge is 0.340 e. The predicted octanol–water partition coefficient (Wildman–Crippen LogP) is 2.07. The number of anilines is 1. The molecule has 2 aromatic carbocycles. The normalized spacial score (nSPS) is 15.2. The first-order chi connectivity index (χ1) is 13.7. The molecule has 0 atom stereocenters. The molecule has 0 aliphatic carbocycles. The van der Waals surface area contributed by atoms with Crippen LogP contribution in [0.15, 0.2) is 47.4 Å². The highest BCUT2D eigenvalue weighted by atomic mass is 32.2. The first-order valence-corrected chi connectivity index (χ1v) is 10.2. The summed E-state index contributed by atoms with van der Waals surface area (Å²) >= 11 is 0. The third-order valence-corrected chi connectivity index (χ3v) is 6.43. The molecule has 1 N–H and O–H groups in total. The molecule has 0 saturated carbocycles. The van der Waals surface area contributed by atoms with Crippen molar-refractivity contribution < 1.29 is 26.8 Å². The van der Waals surface area contributed by atoms with E-state index < -0.39 is 27.6 Å². The number of carbonyl (C=O) groups is 2. The van der Waals surface area contributed by atoms with Crippen molar-refractivity contribution in [1.29, 1.82) is 0 Å². The van der Waals surface area contributed by atoms with E-state index in [9.17, 15) is 26.8 Å². The monoisotopic (exact) mass is 423 g/mol. The van der Waals surface area contributed by atoms with Gasteiger partial charge < -0.3 is 10.2 Å². The number of rotatable bonds is 4. The number of hydrogen-bond donors (Lipinski definition) is 1. The van der Waals surface area contributed by atoms with Crippen LogP contribution in [0.5, 0.6) is 0 Å². The molecule has 0 bridgehead atoms. The predicted molar refractivity (Wildman–Crippen MR) is 102 cm³/mol. The van der Waals surface area contributed by atoms with Gasteiger partial charge in [-0.1, -0.05) is 6.07 Å². The smallest absolute Gasteiger partial charge is 0.255 e. The second-order valence-corrected chi connectivity index (χ2v) is 8.49. The van der Waals surface area contributed by atoms with Gasteiger partial charge in [0.05, 0.1) is 4.90 Å². The Kier molecular flexibility index (Phi) is 5.94. The Balaban J connectivity index is 1.78. The summed E-state index contributed by atoms with van der Waals surface area (Å²) in [6.45, 7) is 2.32. The van der Waals surface area contributed by atoms with Gasteiger partial charge >= 0.3 is 0 Å². The highest BCUT2D eigenvalue weighted by Crippen LogP contribution is 2.20. The molecule has 0 unspecified atom stereocenters. The lowest BCUT2D eigenvalue weighted by Gasteiger charge is -2.33. The van der Waals surface area contributed by atoms with Crippen molar-refractivity contribution in [2.45, 2.75) is 11.8 Å². The number of sulfonamides is 1. The molecule has 2 aromatic rings. The molecule has 1 fully saturated rings. The van der Waals surface area contributed by atoms with E-state index in [1.807, 2.05) is 0 Å². The van der Waals surface area contributed by atoms with Crippen LogP contribution < -0.4 is 5.32 Å². The van der Waals surface area contributed by atoms with Gasteiger partial charge in [-0.15, -0.1) is 0 Å². The van der Waals surface area contributed by atoms with Gasteiger partial charge in [0, 0.05) is 50.4 Å². The van der Waals surface area contributed by atoms with E-state index in [1.165, 1.54) is 35.5 Å². The first-order valence-electron chi connectivity index (χ1n) is 8.80. The summed E-state index contributed by atoms with van der Waals surface area (Å²) < 4.78 is 53.6. The lowest BCUT2D eigenvalue weighted by atomic mass is 10.2. The fourth-order valence-electron chi connectivity index (χ4n) is 3.02. The zero-order chi connectivity index (χ0) is 21.2. The number of benzene rings is 2. The minimum absolute atomic E-state index is 0.0260. The summed E-state index contributed by atoms with van der Waals surface area (Å²) in [5, 5.41) is 2.34. The summed E-state index contributed by atoms with van der Waals surface area (Å²) in [6, 6.07) is 7.97. The molecule has 1 aliphatic heterocycles. The van der Waals surface area contributed by atoms with Crippen LogP contribution in [0, 0.1) is 11.6 Å². The number of hydrogen-bond acceptors (Lipinski definition) is 4. The third kappa shape index (κ3) is 4.77. The standard InChI is InChI=1S/C19H19F2N3O4S/c1-13(25)23-5-7-24(8-6-23)29(27,28)18-4-2-3-14(9-18)19(26)22-17-11-15(20)10-16(21)12-17/h2-4,9-12H,5-8H2,1H3,(H,22,26). The zero-order valence-electron chi connectivity index (χ0n) is 15.6. The van der Waals surface area contributed by atoms with Gasteiger partial charge in [-0.2, -0.15) is 4.31 Å². The van der Waals surface area contributed by atoms with E-state index in [4.69, 9.17) is 0 Å². The highest BCUT2D eigenvalue weighted by Gasteiger charge is 2.29. The third-order valence-electron chi connectivity index (χ3n) is 4.54. The fraction of sp³-hybridized carbons (Fsp3) is 0.263. The summed E-state index contributed by atoms with van der Waals surface area (Å²) in [4.78, 5) is 25.3. The molecule has 1 aliphatic rings. The Morgan fingerprint density at radius 1 is 0.966 bits per heavy atom. The maximum absolute atomic E-state index is 13.3. The van der Waals surface area contributed by atoms with Crippen molar-refractivity contribution in [3.05, 3.63) is 59.7 Å². The minimum atomic E-state index is -3.86. The fourth-order valence-corrected chi connectivity index (χ4v) is 4.49. The molecule has 0 aromatic heterocycles. The van der Waals surface area contributed by atoms with Crippen molar-refractivity contribution in [1.82, 2.24) is 9.21 Å². The van der Waals surface area contributed by atoms with Crippen LogP contribution >= 0.6 is 0 Å². The van der Waals surface area contributed by atoms with Gasteiger partial charge in [-0.05, 0) is 30.3 Å². The Morgan fingerprint density at radius 2 is 1.59 bits per heavy atom. The van der Waals surface area contributed by atoms with Crippen LogP contribution in [0.2, 0.25) is 0 Å². The molecule has 0 radical (unpaired) electrons. The van der Waals surface area contributed by atoms with Gasteiger partial charge in [0.2, 0.25) is 15.9 Å². The van der Waals surface area contributed by atoms with Crippen molar-refractivity contribution in [3.63, 3.8) is 0 Å². The number of nitrogens with one attached hydrogen (secondary N) is 1. The summed E-state index contributed by atoms with van der Waals surface area (Å²) in [5.41, 5.74) is -0.0563. The van der Waals surface area contributed by atoms with Gasteiger partial charge in [-0.3, -0.25) is 9.59 Å². The quantitative estimate of drug-likeness (QED) is 0.816. The second-order valence-electron chi connectivity index (χ2n) is 6.55. The first kappa shape index (κ1) is 20.9. The van der Waals surface area contributed by atoms with Crippen molar-refractivity contribution in [2.75, 3.05) is 31.5 Å². The SMILES string of the molecule is CC(=O)N1CCN(S(=O)(=O)c2cccc(C(=O)Nc3cc(F)cc(F)c3)c2)CC1.